The average molecular weight is 280 g/mol. The quantitative estimate of drug-likeness (QED) is 0.878. The summed E-state index contributed by atoms with van der Waals surface area (Å²) in [7, 11) is 0. The lowest BCUT2D eigenvalue weighted by atomic mass is 10.0. The molecule has 0 saturated heterocycles. The van der Waals surface area contributed by atoms with Gasteiger partial charge in [0.2, 0.25) is 5.91 Å². The number of carbonyl (C=O) groups is 1. The van der Waals surface area contributed by atoms with E-state index in [1.807, 2.05) is 35.2 Å². The summed E-state index contributed by atoms with van der Waals surface area (Å²) >= 11 is 0. The van der Waals surface area contributed by atoms with E-state index in [1.54, 1.807) is 0 Å². The smallest absolute Gasteiger partial charge is 0.227 e. The van der Waals surface area contributed by atoms with Crippen molar-refractivity contribution in [1.82, 2.24) is 0 Å². The molecule has 108 valence electrons. The highest BCUT2D eigenvalue weighted by atomic mass is 16.2. The van der Waals surface area contributed by atoms with Crippen LogP contribution in [-0.2, 0) is 17.6 Å². The number of fused-ring (bicyclic) bond motifs is 1. The van der Waals surface area contributed by atoms with Crippen LogP contribution in [0, 0.1) is 6.92 Å². The van der Waals surface area contributed by atoms with Crippen LogP contribution in [0.3, 0.4) is 0 Å². The molecule has 2 N–H and O–H groups in total. The second-order valence-corrected chi connectivity index (χ2v) is 5.61. The molecule has 0 atom stereocenters. The maximum atomic E-state index is 12.5. The van der Waals surface area contributed by atoms with Gasteiger partial charge in [-0.2, -0.15) is 0 Å². The molecule has 3 nitrogen and oxygen atoms in total. The molecular formula is C18H20N2O. The van der Waals surface area contributed by atoms with Gasteiger partial charge in [0, 0.05) is 24.3 Å². The molecule has 0 aromatic heterocycles. The van der Waals surface area contributed by atoms with Gasteiger partial charge >= 0.3 is 0 Å². The average Bonchev–Trinajstić information content (AvgIpc) is 2.89. The summed E-state index contributed by atoms with van der Waals surface area (Å²) < 4.78 is 0. The molecule has 0 saturated carbocycles. The zero-order valence-electron chi connectivity index (χ0n) is 12.3. The van der Waals surface area contributed by atoms with Crippen LogP contribution in [-0.4, -0.2) is 12.5 Å². The number of amides is 1. The number of nitrogen functional groups attached to an aromatic ring is 1. The van der Waals surface area contributed by atoms with Crippen molar-refractivity contribution >= 4 is 17.3 Å². The van der Waals surface area contributed by atoms with E-state index in [0.29, 0.717) is 6.42 Å². The number of rotatable bonds is 3. The predicted octanol–water partition coefficient (Wildman–Crippen LogP) is 3.10. The van der Waals surface area contributed by atoms with Gasteiger partial charge in [-0.25, -0.2) is 0 Å². The van der Waals surface area contributed by atoms with Crippen LogP contribution < -0.4 is 10.6 Å². The van der Waals surface area contributed by atoms with Gasteiger partial charge in [-0.15, -0.1) is 0 Å². The summed E-state index contributed by atoms with van der Waals surface area (Å²) in [5, 5.41) is 0. The first-order chi connectivity index (χ1) is 10.1. The van der Waals surface area contributed by atoms with Crippen LogP contribution in [0.4, 0.5) is 11.4 Å². The van der Waals surface area contributed by atoms with E-state index in [2.05, 4.69) is 19.1 Å². The third-order valence-corrected chi connectivity index (χ3v) is 4.17. The Bertz CT molecular complexity index is 679. The van der Waals surface area contributed by atoms with Crippen LogP contribution in [0.2, 0.25) is 0 Å². The van der Waals surface area contributed by atoms with Crippen molar-refractivity contribution in [3.63, 3.8) is 0 Å². The molecule has 0 aliphatic carbocycles. The molecular weight excluding hydrogens is 260 g/mol. The minimum Gasteiger partial charge on any atom is -0.399 e. The van der Waals surface area contributed by atoms with Gasteiger partial charge in [-0.05, 0) is 54.7 Å². The normalized spacial score (nSPS) is 13.3. The lowest BCUT2D eigenvalue weighted by Crippen LogP contribution is -2.29. The zero-order chi connectivity index (χ0) is 14.8. The van der Waals surface area contributed by atoms with Crippen LogP contribution in [0.25, 0.3) is 0 Å². The first-order valence-electron chi connectivity index (χ1n) is 7.38. The van der Waals surface area contributed by atoms with Gasteiger partial charge in [0.25, 0.3) is 0 Å². The molecule has 0 spiro atoms. The maximum absolute atomic E-state index is 12.5. The fraction of sp³-hybridized carbons (Fsp3) is 0.278. The van der Waals surface area contributed by atoms with E-state index in [0.717, 1.165) is 30.8 Å². The molecule has 2 aromatic rings. The van der Waals surface area contributed by atoms with Gasteiger partial charge in [0.15, 0.2) is 0 Å². The summed E-state index contributed by atoms with van der Waals surface area (Å²) in [5.74, 6) is 0.196. The third-order valence-electron chi connectivity index (χ3n) is 4.17. The molecule has 1 aliphatic rings. The zero-order valence-corrected chi connectivity index (χ0v) is 12.3. The highest BCUT2D eigenvalue weighted by Crippen LogP contribution is 2.30. The number of nitrogens with zero attached hydrogens (tertiary/aromatic N) is 1. The van der Waals surface area contributed by atoms with Crippen molar-refractivity contribution in [2.75, 3.05) is 17.2 Å². The van der Waals surface area contributed by atoms with Gasteiger partial charge in [0.05, 0.1) is 0 Å². The number of benzene rings is 2. The summed E-state index contributed by atoms with van der Waals surface area (Å²) in [6.45, 7) is 2.86. The highest BCUT2D eigenvalue weighted by molar-refractivity contribution is 5.95. The molecule has 0 fully saturated rings. The summed E-state index contributed by atoms with van der Waals surface area (Å²) in [6, 6.07) is 14.1. The van der Waals surface area contributed by atoms with E-state index in [9.17, 15) is 4.79 Å². The predicted molar refractivity (Wildman–Crippen MR) is 86.4 cm³/mol. The Morgan fingerprint density at radius 3 is 2.86 bits per heavy atom. The summed E-state index contributed by atoms with van der Waals surface area (Å²) in [4.78, 5) is 14.4. The number of hydrogen-bond donors (Lipinski definition) is 1. The van der Waals surface area contributed by atoms with Crippen molar-refractivity contribution in [2.45, 2.75) is 26.2 Å². The van der Waals surface area contributed by atoms with Gasteiger partial charge < -0.3 is 10.6 Å². The Kier molecular flexibility index (Phi) is 3.65. The Hall–Kier alpha value is -2.29. The Morgan fingerprint density at radius 2 is 2.05 bits per heavy atom. The maximum Gasteiger partial charge on any atom is 0.227 e. The molecule has 3 heteroatoms. The molecule has 0 bridgehead atoms. The van der Waals surface area contributed by atoms with E-state index in [-0.39, 0.29) is 5.91 Å². The molecule has 1 aliphatic heterocycles. The second kappa shape index (κ2) is 5.60. The first-order valence-corrected chi connectivity index (χ1v) is 7.38. The SMILES string of the molecule is Cc1ccccc1CCC(=O)N1CCc2cc(N)ccc21. The highest BCUT2D eigenvalue weighted by Gasteiger charge is 2.24. The lowest BCUT2D eigenvalue weighted by Gasteiger charge is -2.17. The Labute approximate surface area is 125 Å². The van der Waals surface area contributed by atoms with Crippen LogP contribution in [0.15, 0.2) is 42.5 Å². The van der Waals surface area contributed by atoms with Crippen molar-refractivity contribution < 1.29 is 4.79 Å². The number of carbonyl (C=O) groups excluding carboxylic acids is 1. The topological polar surface area (TPSA) is 46.3 Å². The third kappa shape index (κ3) is 2.77. The van der Waals surface area contributed by atoms with E-state index < -0.39 is 0 Å². The first kappa shape index (κ1) is 13.7. The Balaban J connectivity index is 1.69. The lowest BCUT2D eigenvalue weighted by molar-refractivity contribution is -0.118. The van der Waals surface area contributed by atoms with Crippen molar-refractivity contribution in [1.29, 1.82) is 0 Å². The fourth-order valence-electron chi connectivity index (χ4n) is 2.95. The fourth-order valence-corrected chi connectivity index (χ4v) is 2.95. The van der Waals surface area contributed by atoms with Crippen molar-refractivity contribution in [3.8, 4) is 0 Å². The van der Waals surface area contributed by atoms with E-state index in [4.69, 9.17) is 5.73 Å². The molecule has 1 amide bonds. The monoisotopic (exact) mass is 280 g/mol. The minimum absolute atomic E-state index is 0.196. The minimum atomic E-state index is 0.196. The molecule has 3 rings (SSSR count). The second-order valence-electron chi connectivity index (χ2n) is 5.61. The summed E-state index contributed by atoms with van der Waals surface area (Å²) in [6.07, 6.45) is 2.25. The van der Waals surface area contributed by atoms with Crippen LogP contribution in [0.5, 0.6) is 0 Å². The molecule has 1 heterocycles. The molecule has 21 heavy (non-hydrogen) atoms. The number of nitrogens with two attached hydrogens (primary N) is 1. The number of anilines is 2. The van der Waals surface area contributed by atoms with E-state index >= 15 is 0 Å². The van der Waals surface area contributed by atoms with E-state index in [1.165, 1.54) is 16.7 Å². The van der Waals surface area contributed by atoms with Gasteiger partial charge in [-0.3, -0.25) is 4.79 Å². The Morgan fingerprint density at radius 1 is 1.24 bits per heavy atom. The van der Waals surface area contributed by atoms with Gasteiger partial charge in [-0.1, -0.05) is 24.3 Å². The molecule has 2 aromatic carbocycles. The molecule has 0 unspecified atom stereocenters. The van der Waals surface area contributed by atoms with Crippen molar-refractivity contribution in [3.05, 3.63) is 59.2 Å². The standard InChI is InChI=1S/C18H20N2O/c1-13-4-2-3-5-14(13)6-9-18(21)20-11-10-15-12-16(19)7-8-17(15)20/h2-5,7-8,12H,6,9-11,19H2,1H3. The molecule has 0 radical (unpaired) electrons. The number of aryl methyl sites for hydroxylation is 2. The number of hydrogen-bond acceptors (Lipinski definition) is 2. The van der Waals surface area contributed by atoms with Crippen molar-refractivity contribution in [2.24, 2.45) is 0 Å². The van der Waals surface area contributed by atoms with Crippen LogP contribution in [0.1, 0.15) is 23.1 Å². The summed E-state index contributed by atoms with van der Waals surface area (Å²) in [5.41, 5.74) is 11.3. The largest absolute Gasteiger partial charge is 0.399 e. The van der Waals surface area contributed by atoms with Gasteiger partial charge in [0.1, 0.15) is 0 Å². The van der Waals surface area contributed by atoms with Crippen LogP contribution >= 0.6 is 0 Å².